The molecular weight excluding hydrogens is 212 g/mol. The minimum atomic E-state index is -0.282. The molecule has 1 saturated carbocycles. The lowest BCUT2D eigenvalue weighted by molar-refractivity contribution is -0.143. The number of rotatable bonds is 2. The molecule has 2 fully saturated rings. The molecule has 3 atom stereocenters. The predicted octanol–water partition coefficient (Wildman–Crippen LogP) is 2.15. The minimum absolute atomic E-state index is 0.0667. The van der Waals surface area contributed by atoms with Gasteiger partial charge in [0.2, 0.25) is 5.91 Å². The largest absolute Gasteiger partial charge is 0.342 e. The maximum atomic E-state index is 12.6. The van der Waals surface area contributed by atoms with Gasteiger partial charge in [-0.3, -0.25) is 4.79 Å². The summed E-state index contributed by atoms with van der Waals surface area (Å²) < 4.78 is 0. The number of hydrogen-bond donors (Lipinski definition) is 1. The van der Waals surface area contributed by atoms with E-state index in [1.807, 2.05) is 0 Å². The fourth-order valence-electron chi connectivity index (χ4n) is 3.40. The molecule has 1 saturated heterocycles. The van der Waals surface area contributed by atoms with Gasteiger partial charge >= 0.3 is 0 Å². The average Bonchev–Trinajstić information content (AvgIpc) is 2.70. The van der Waals surface area contributed by atoms with E-state index in [1.54, 1.807) is 0 Å². The molecule has 17 heavy (non-hydrogen) atoms. The van der Waals surface area contributed by atoms with Gasteiger partial charge in [-0.15, -0.1) is 0 Å². The Bertz CT molecular complexity index is 292. The molecule has 1 aliphatic heterocycles. The second-order valence-corrected chi connectivity index (χ2v) is 6.08. The number of nitrogens with two attached hydrogens (primary N) is 1. The number of piperidine rings is 1. The second kappa shape index (κ2) is 4.97. The molecule has 2 rings (SSSR count). The lowest BCUT2D eigenvalue weighted by Gasteiger charge is -2.39. The summed E-state index contributed by atoms with van der Waals surface area (Å²) in [5.41, 5.74) is 5.86. The Hall–Kier alpha value is -0.570. The number of likely N-dealkylation sites (tertiary alicyclic amines) is 1. The van der Waals surface area contributed by atoms with Crippen LogP contribution in [0.15, 0.2) is 0 Å². The molecule has 3 nitrogen and oxygen atoms in total. The van der Waals surface area contributed by atoms with Crippen molar-refractivity contribution in [1.82, 2.24) is 4.90 Å². The maximum Gasteiger partial charge on any atom is 0.230 e. The molecule has 1 aliphatic carbocycles. The Morgan fingerprint density at radius 1 is 1.41 bits per heavy atom. The van der Waals surface area contributed by atoms with E-state index in [9.17, 15) is 4.79 Å². The summed E-state index contributed by atoms with van der Waals surface area (Å²) >= 11 is 0. The number of carbonyl (C=O) groups is 1. The maximum absolute atomic E-state index is 12.6. The lowest BCUT2D eigenvalue weighted by atomic mass is 9.82. The molecule has 0 aromatic rings. The van der Waals surface area contributed by atoms with E-state index < -0.39 is 0 Å². The predicted molar refractivity (Wildman–Crippen MR) is 69.5 cm³/mol. The van der Waals surface area contributed by atoms with Crippen molar-refractivity contribution in [2.24, 2.45) is 17.1 Å². The number of amides is 1. The quantitative estimate of drug-likeness (QED) is 0.801. The van der Waals surface area contributed by atoms with Crippen molar-refractivity contribution in [3.63, 3.8) is 0 Å². The molecule has 2 N–H and O–H groups in total. The fourth-order valence-corrected chi connectivity index (χ4v) is 3.40. The van der Waals surface area contributed by atoms with Crippen LogP contribution in [-0.2, 0) is 4.79 Å². The first-order valence-corrected chi connectivity index (χ1v) is 7.13. The van der Waals surface area contributed by atoms with Crippen LogP contribution in [0.3, 0.4) is 0 Å². The Labute approximate surface area is 105 Å². The number of hydrogen-bond acceptors (Lipinski definition) is 2. The zero-order chi connectivity index (χ0) is 12.5. The van der Waals surface area contributed by atoms with E-state index >= 15 is 0 Å². The SMILES string of the molecule is CCC1CCCN(C(=O)C2(C)CCCC2N)C1. The highest BCUT2D eigenvalue weighted by molar-refractivity contribution is 5.83. The second-order valence-electron chi connectivity index (χ2n) is 6.08. The van der Waals surface area contributed by atoms with Gasteiger partial charge in [0.05, 0.1) is 5.41 Å². The van der Waals surface area contributed by atoms with Crippen LogP contribution in [0.5, 0.6) is 0 Å². The highest BCUT2D eigenvalue weighted by Crippen LogP contribution is 2.39. The van der Waals surface area contributed by atoms with Crippen LogP contribution in [0.2, 0.25) is 0 Å². The van der Waals surface area contributed by atoms with Gasteiger partial charge < -0.3 is 10.6 Å². The molecule has 0 spiro atoms. The van der Waals surface area contributed by atoms with Gasteiger partial charge in [-0.05, 0) is 38.5 Å². The molecule has 0 aromatic heterocycles. The summed E-state index contributed by atoms with van der Waals surface area (Å²) in [6.45, 7) is 6.19. The Morgan fingerprint density at radius 3 is 2.76 bits per heavy atom. The van der Waals surface area contributed by atoms with Gasteiger partial charge in [0.15, 0.2) is 0 Å². The van der Waals surface area contributed by atoms with Gasteiger partial charge in [0.1, 0.15) is 0 Å². The van der Waals surface area contributed by atoms with Gasteiger partial charge in [0, 0.05) is 19.1 Å². The van der Waals surface area contributed by atoms with Crippen LogP contribution < -0.4 is 5.73 Å². The smallest absolute Gasteiger partial charge is 0.230 e. The van der Waals surface area contributed by atoms with Gasteiger partial charge in [0.25, 0.3) is 0 Å². The van der Waals surface area contributed by atoms with Crippen molar-refractivity contribution in [2.75, 3.05) is 13.1 Å². The first-order chi connectivity index (χ1) is 8.08. The zero-order valence-corrected chi connectivity index (χ0v) is 11.2. The lowest BCUT2D eigenvalue weighted by Crippen LogP contribution is -2.51. The molecule has 0 aromatic carbocycles. The van der Waals surface area contributed by atoms with Crippen LogP contribution in [-0.4, -0.2) is 29.9 Å². The molecule has 1 amide bonds. The number of nitrogens with zero attached hydrogens (tertiary/aromatic N) is 1. The molecule has 98 valence electrons. The summed E-state index contributed by atoms with van der Waals surface area (Å²) in [5.74, 6) is 1.02. The normalized spacial score (nSPS) is 38.4. The summed E-state index contributed by atoms with van der Waals surface area (Å²) in [7, 11) is 0. The fraction of sp³-hybridized carbons (Fsp3) is 0.929. The molecule has 3 heteroatoms. The van der Waals surface area contributed by atoms with Crippen molar-refractivity contribution < 1.29 is 4.79 Å². The summed E-state index contributed by atoms with van der Waals surface area (Å²) in [6.07, 6.45) is 6.72. The van der Waals surface area contributed by atoms with Crippen LogP contribution in [0.1, 0.15) is 52.4 Å². The monoisotopic (exact) mass is 238 g/mol. The topological polar surface area (TPSA) is 46.3 Å². The highest BCUT2D eigenvalue weighted by Gasteiger charge is 2.45. The summed E-state index contributed by atoms with van der Waals surface area (Å²) in [4.78, 5) is 14.7. The first kappa shape index (κ1) is 12.9. The molecular formula is C14H26N2O. The van der Waals surface area contributed by atoms with Crippen molar-refractivity contribution in [2.45, 2.75) is 58.4 Å². The van der Waals surface area contributed by atoms with Crippen molar-refractivity contribution in [3.8, 4) is 0 Å². The first-order valence-electron chi connectivity index (χ1n) is 7.13. The van der Waals surface area contributed by atoms with E-state index in [-0.39, 0.29) is 11.5 Å². The van der Waals surface area contributed by atoms with Crippen molar-refractivity contribution >= 4 is 5.91 Å². The van der Waals surface area contributed by atoms with E-state index in [1.165, 1.54) is 12.8 Å². The Morgan fingerprint density at radius 2 is 2.18 bits per heavy atom. The van der Waals surface area contributed by atoms with E-state index in [4.69, 9.17) is 5.73 Å². The molecule has 2 aliphatic rings. The van der Waals surface area contributed by atoms with Crippen molar-refractivity contribution in [3.05, 3.63) is 0 Å². The average molecular weight is 238 g/mol. The van der Waals surface area contributed by atoms with Crippen LogP contribution in [0.4, 0.5) is 0 Å². The molecule has 3 unspecified atom stereocenters. The van der Waals surface area contributed by atoms with E-state index in [0.29, 0.717) is 11.8 Å². The van der Waals surface area contributed by atoms with Crippen LogP contribution in [0, 0.1) is 11.3 Å². The van der Waals surface area contributed by atoms with Crippen LogP contribution >= 0.6 is 0 Å². The minimum Gasteiger partial charge on any atom is -0.342 e. The van der Waals surface area contributed by atoms with Gasteiger partial charge in [-0.1, -0.05) is 19.8 Å². The third-order valence-corrected chi connectivity index (χ3v) is 4.90. The Kier molecular flexibility index (Phi) is 3.76. The molecule has 0 bridgehead atoms. The standard InChI is InChI=1S/C14H26N2O/c1-3-11-6-5-9-16(10-11)13(17)14(2)8-4-7-12(14)15/h11-12H,3-10,15H2,1-2H3. The number of carbonyl (C=O) groups excluding carboxylic acids is 1. The van der Waals surface area contributed by atoms with Gasteiger partial charge in [-0.2, -0.15) is 0 Å². The highest BCUT2D eigenvalue weighted by atomic mass is 16.2. The van der Waals surface area contributed by atoms with Gasteiger partial charge in [-0.25, -0.2) is 0 Å². The Balaban J connectivity index is 2.04. The molecule has 1 heterocycles. The third-order valence-electron chi connectivity index (χ3n) is 4.90. The van der Waals surface area contributed by atoms with E-state index in [0.717, 1.165) is 38.8 Å². The third kappa shape index (κ3) is 2.35. The van der Waals surface area contributed by atoms with E-state index in [2.05, 4.69) is 18.7 Å². The van der Waals surface area contributed by atoms with Crippen LogP contribution in [0.25, 0.3) is 0 Å². The summed E-state index contributed by atoms with van der Waals surface area (Å²) in [5, 5.41) is 0. The molecule has 0 radical (unpaired) electrons. The van der Waals surface area contributed by atoms with Crippen molar-refractivity contribution in [1.29, 1.82) is 0 Å². The summed E-state index contributed by atoms with van der Waals surface area (Å²) in [6, 6.07) is 0.0667. The zero-order valence-electron chi connectivity index (χ0n) is 11.2.